The first-order valence-corrected chi connectivity index (χ1v) is 11.1. The van der Waals surface area contributed by atoms with Crippen LogP contribution in [0.15, 0.2) is 29.2 Å². The number of anilines is 1. The summed E-state index contributed by atoms with van der Waals surface area (Å²) in [6.07, 6.45) is -1.56. The van der Waals surface area contributed by atoms with Gasteiger partial charge >= 0.3 is 5.69 Å². The Labute approximate surface area is 197 Å². The van der Waals surface area contributed by atoms with Gasteiger partial charge in [-0.1, -0.05) is 13.8 Å². The van der Waals surface area contributed by atoms with Gasteiger partial charge in [0.25, 0.3) is 5.69 Å². The van der Waals surface area contributed by atoms with Crippen molar-refractivity contribution < 1.29 is 24.6 Å². The maximum atomic E-state index is 12.3. The number of hydrogen-bond donors (Lipinski definition) is 3. The minimum atomic E-state index is -0.916. The molecule has 174 valence electrons. The van der Waals surface area contributed by atoms with E-state index in [4.69, 9.17) is 15.2 Å². The molecule has 1 unspecified atom stereocenters. The largest absolute Gasteiger partial charge is 0.394 e. The molecule has 0 amide bonds. The van der Waals surface area contributed by atoms with E-state index in [9.17, 15) is 25.1 Å². The Morgan fingerprint density at radius 1 is 1.47 bits per heavy atom. The van der Waals surface area contributed by atoms with Crippen molar-refractivity contribution in [3.63, 3.8) is 0 Å². The summed E-state index contributed by atoms with van der Waals surface area (Å²) >= 11 is 2.01. The van der Waals surface area contributed by atoms with E-state index >= 15 is 0 Å². The van der Waals surface area contributed by atoms with E-state index in [1.807, 2.05) is 36.4 Å². The van der Waals surface area contributed by atoms with Crippen molar-refractivity contribution in [2.24, 2.45) is 5.92 Å². The predicted molar refractivity (Wildman–Crippen MR) is 123 cm³/mol. The average molecular weight is 560 g/mol. The third-order valence-corrected chi connectivity index (χ3v) is 5.95. The van der Waals surface area contributed by atoms with Crippen LogP contribution in [0.25, 0.3) is 0 Å². The zero-order chi connectivity index (χ0) is 23.6. The number of halogens is 1. The minimum absolute atomic E-state index is 0.0249. The highest BCUT2D eigenvalue weighted by atomic mass is 127. The van der Waals surface area contributed by atoms with Gasteiger partial charge < -0.3 is 25.4 Å². The van der Waals surface area contributed by atoms with Crippen LogP contribution in [0.4, 0.5) is 11.5 Å². The van der Waals surface area contributed by atoms with Gasteiger partial charge in [0.2, 0.25) is 0 Å². The van der Waals surface area contributed by atoms with Gasteiger partial charge in [0.05, 0.1) is 35.9 Å². The summed E-state index contributed by atoms with van der Waals surface area (Å²) in [5.41, 5.74) is 6.08. The molecule has 2 aromatic rings. The fourth-order valence-electron chi connectivity index (χ4n) is 3.63. The van der Waals surface area contributed by atoms with Crippen molar-refractivity contribution in [2.75, 3.05) is 12.3 Å². The smallest absolute Gasteiger partial charge is 0.351 e. The summed E-state index contributed by atoms with van der Waals surface area (Å²) in [7, 11) is 0. The summed E-state index contributed by atoms with van der Waals surface area (Å²) < 4.78 is 13.5. The van der Waals surface area contributed by atoms with Crippen LogP contribution < -0.4 is 11.4 Å². The van der Waals surface area contributed by atoms with Crippen molar-refractivity contribution >= 4 is 34.1 Å². The Bertz CT molecular complexity index is 1050. The molecular formula is C20H25IN4O7. The molecule has 1 aliphatic heterocycles. The number of hydrogen-bond acceptors (Lipinski definition) is 9. The molecule has 0 aliphatic carbocycles. The number of rotatable bonds is 8. The maximum absolute atomic E-state index is 12.3. The molecular weight excluding hydrogens is 535 g/mol. The van der Waals surface area contributed by atoms with E-state index in [0.717, 1.165) is 3.57 Å². The average Bonchev–Trinajstić information content (AvgIpc) is 3.10. The summed E-state index contributed by atoms with van der Waals surface area (Å²) in [4.78, 5) is 27.3. The zero-order valence-corrected chi connectivity index (χ0v) is 19.7. The van der Waals surface area contributed by atoms with E-state index in [0.29, 0.717) is 11.1 Å². The summed E-state index contributed by atoms with van der Waals surface area (Å²) in [5, 5.41) is 30.8. The number of nitrogens with zero attached hydrogens (tertiary/aromatic N) is 3. The first-order chi connectivity index (χ1) is 15.1. The van der Waals surface area contributed by atoms with Crippen LogP contribution in [0.1, 0.15) is 43.7 Å². The van der Waals surface area contributed by atoms with Gasteiger partial charge in [-0.15, -0.1) is 0 Å². The van der Waals surface area contributed by atoms with Crippen LogP contribution in [0.3, 0.4) is 0 Å². The Balaban J connectivity index is 1.87. The summed E-state index contributed by atoms with van der Waals surface area (Å²) in [6.45, 7) is 3.34. The molecule has 1 aromatic carbocycles. The molecule has 1 saturated heterocycles. The van der Waals surface area contributed by atoms with Crippen LogP contribution in [0.5, 0.6) is 0 Å². The van der Waals surface area contributed by atoms with Gasteiger partial charge in [-0.2, -0.15) is 4.98 Å². The normalized spacial score (nSPS) is 21.8. The molecule has 0 bridgehead atoms. The van der Waals surface area contributed by atoms with Crippen LogP contribution in [0, 0.1) is 19.6 Å². The second-order valence-corrected chi connectivity index (χ2v) is 9.14. The molecule has 12 heteroatoms. The Hall–Kier alpha value is -2.13. The van der Waals surface area contributed by atoms with Gasteiger partial charge in [0, 0.05) is 27.8 Å². The zero-order valence-electron chi connectivity index (χ0n) is 17.6. The Kier molecular flexibility index (Phi) is 7.82. The van der Waals surface area contributed by atoms with Crippen molar-refractivity contribution in [1.82, 2.24) is 9.55 Å². The number of nitro groups is 1. The van der Waals surface area contributed by atoms with Crippen molar-refractivity contribution in [1.29, 1.82) is 0 Å². The van der Waals surface area contributed by atoms with Crippen molar-refractivity contribution in [3.8, 4) is 0 Å². The van der Waals surface area contributed by atoms with E-state index < -0.39 is 35.2 Å². The van der Waals surface area contributed by atoms with Gasteiger partial charge in [-0.05, 0) is 40.6 Å². The van der Waals surface area contributed by atoms with Crippen LogP contribution in [0.2, 0.25) is 0 Å². The molecule has 11 nitrogen and oxygen atoms in total. The number of ether oxygens (including phenoxy) is 2. The summed E-state index contributed by atoms with van der Waals surface area (Å²) in [6, 6.07) is 4.94. The minimum Gasteiger partial charge on any atom is -0.394 e. The Morgan fingerprint density at radius 3 is 2.78 bits per heavy atom. The lowest BCUT2D eigenvalue weighted by molar-refractivity contribution is -0.386. The second kappa shape index (κ2) is 10.2. The Morgan fingerprint density at radius 2 is 2.19 bits per heavy atom. The maximum Gasteiger partial charge on any atom is 0.351 e. The standard InChI is InChI=1S/C20H25IN4O7/c1-10(2)18(13-4-3-12(21)5-14(13)25(29)30)31-9-11-7-24(20(28)23-19(11)22)17-6-15(27)16(8-26)32-17/h3-5,7,10,15-18,26-27H,6,8-9H2,1-2H3,(H2,22,23,28)/t15-,16-,17-,18?/m1/s1. The molecule has 4 atom stereocenters. The lowest BCUT2D eigenvalue weighted by atomic mass is 9.97. The number of nitro benzene ring substituents is 1. The third kappa shape index (κ3) is 5.26. The summed E-state index contributed by atoms with van der Waals surface area (Å²) in [5.74, 6) is -0.115. The van der Waals surface area contributed by atoms with E-state index in [-0.39, 0.29) is 37.1 Å². The van der Waals surface area contributed by atoms with E-state index in [1.54, 1.807) is 12.1 Å². The molecule has 3 rings (SSSR count). The van der Waals surface area contributed by atoms with Gasteiger partial charge in [-0.3, -0.25) is 14.7 Å². The second-order valence-electron chi connectivity index (χ2n) is 7.89. The van der Waals surface area contributed by atoms with Crippen LogP contribution in [-0.2, 0) is 16.1 Å². The topological polar surface area (TPSA) is 163 Å². The highest BCUT2D eigenvalue weighted by Crippen LogP contribution is 2.35. The number of benzene rings is 1. The molecule has 2 heterocycles. The highest BCUT2D eigenvalue weighted by molar-refractivity contribution is 14.1. The number of aromatic nitrogens is 2. The highest BCUT2D eigenvalue weighted by Gasteiger charge is 2.35. The molecule has 1 aromatic heterocycles. The monoisotopic (exact) mass is 560 g/mol. The molecule has 0 radical (unpaired) electrons. The lowest BCUT2D eigenvalue weighted by Gasteiger charge is -2.23. The van der Waals surface area contributed by atoms with E-state index in [1.165, 1.54) is 16.8 Å². The first-order valence-electron chi connectivity index (χ1n) is 9.99. The van der Waals surface area contributed by atoms with E-state index in [2.05, 4.69) is 4.98 Å². The SMILES string of the molecule is CC(C)C(OCc1cn([C@H]2C[C@@H](O)[C@@H](CO)O2)c(=O)nc1N)c1ccc(I)cc1[N+](=O)[O-]. The molecule has 4 N–H and O–H groups in total. The van der Waals surface area contributed by atoms with Gasteiger partial charge in [0.1, 0.15) is 18.1 Å². The molecule has 0 saturated carbocycles. The van der Waals surface area contributed by atoms with Crippen molar-refractivity contribution in [3.05, 3.63) is 59.7 Å². The quantitative estimate of drug-likeness (QED) is 0.249. The van der Waals surface area contributed by atoms with Crippen LogP contribution in [-0.4, -0.2) is 43.5 Å². The molecule has 32 heavy (non-hydrogen) atoms. The fourth-order valence-corrected chi connectivity index (χ4v) is 4.10. The number of nitrogen functional groups attached to an aromatic ring is 1. The third-order valence-electron chi connectivity index (χ3n) is 5.27. The fraction of sp³-hybridized carbons (Fsp3) is 0.500. The lowest BCUT2D eigenvalue weighted by Crippen LogP contribution is -2.29. The van der Waals surface area contributed by atoms with Crippen molar-refractivity contribution in [2.45, 2.75) is 51.4 Å². The van der Waals surface area contributed by atoms with Crippen LogP contribution >= 0.6 is 22.6 Å². The van der Waals surface area contributed by atoms with Gasteiger partial charge in [0.15, 0.2) is 0 Å². The molecule has 1 aliphatic rings. The number of aliphatic hydroxyl groups excluding tert-OH is 2. The predicted octanol–water partition coefficient (Wildman–Crippen LogP) is 1.89. The molecule has 0 spiro atoms. The number of aliphatic hydroxyl groups is 2. The first kappa shape index (κ1) is 24.5. The number of nitrogens with two attached hydrogens (primary N) is 1. The molecule has 1 fully saturated rings. The van der Waals surface area contributed by atoms with Gasteiger partial charge in [-0.25, -0.2) is 4.79 Å².